The summed E-state index contributed by atoms with van der Waals surface area (Å²) in [5.74, 6) is 1.24. The van der Waals surface area contributed by atoms with Crippen LogP contribution in [0.1, 0.15) is 44.1 Å². The lowest BCUT2D eigenvalue weighted by Crippen LogP contribution is -2.40. The van der Waals surface area contributed by atoms with Gasteiger partial charge in [-0.1, -0.05) is 37.3 Å². The topological polar surface area (TPSA) is 82.8 Å². The molecule has 150 valence electrons. The number of carbonyl (C=O) groups is 1. The summed E-state index contributed by atoms with van der Waals surface area (Å²) in [6, 6.07) is 10.5. The molecule has 1 aliphatic rings. The molecule has 1 unspecified atom stereocenters. The molecule has 6 nitrogen and oxygen atoms in total. The van der Waals surface area contributed by atoms with Gasteiger partial charge in [0, 0.05) is 26.1 Å². The number of nitrogens with zero attached hydrogens (tertiary/aromatic N) is 2. The standard InChI is InChI=1S/C21H35N5O/c1-17(18-8-4-3-5-9-18)16-25-21(23-2)24-12-6-7-13-26-14-10-19(11-15-26)20(22)27/h3-5,8-9,17,19H,6-7,10-16H2,1-2H3,(H2,22,27)(H2,23,24,25). The van der Waals surface area contributed by atoms with Crippen LogP contribution >= 0.6 is 0 Å². The Bertz CT molecular complexity index is 581. The Morgan fingerprint density at radius 1 is 1.22 bits per heavy atom. The van der Waals surface area contributed by atoms with Crippen LogP contribution in [-0.2, 0) is 4.79 Å². The lowest BCUT2D eigenvalue weighted by molar-refractivity contribution is -0.123. The molecule has 4 N–H and O–H groups in total. The van der Waals surface area contributed by atoms with Gasteiger partial charge in [0.15, 0.2) is 5.96 Å². The Balaban J connectivity index is 1.55. The van der Waals surface area contributed by atoms with Crippen molar-refractivity contribution in [2.45, 2.75) is 38.5 Å². The third-order valence-corrected chi connectivity index (χ3v) is 5.35. The first-order chi connectivity index (χ1) is 13.1. The van der Waals surface area contributed by atoms with Crippen LogP contribution in [0, 0.1) is 5.92 Å². The van der Waals surface area contributed by atoms with Crippen LogP contribution in [-0.4, -0.2) is 56.5 Å². The van der Waals surface area contributed by atoms with Gasteiger partial charge in [-0.05, 0) is 56.8 Å². The lowest BCUT2D eigenvalue weighted by atomic mass is 9.96. The molecule has 1 heterocycles. The van der Waals surface area contributed by atoms with Crippen molar-refractivity contribution in [1.82, 2.24) is 15.5 Å². The quantitative estimate of drug-likeness (QED) is 0.351. The summed E-state index contributed by atoms with van der Waals surface area (Å²) in [7, 11) is 1.81. The van der Waals surface area contributed by atoms with Gasteiger partial charge in [-0.3, -0.25) is 9.79 Å². The molecule has 1 aromatic carbocycles. The first-order valence-electron chi connectivity index (χ1n) is 10.1. The number of guanidine groups is 1. The number of carbonyl (C=O) groups excluding carboxylic acids is 1. The van der Waals surface area contributed by atoms with Crippen molar-refractivity contribution in [3.63, 3.8) is 0 Å². The van der Waals surface area contributed by atoms with Gasteiger partial charge in [-0.25, -0.2) is 0 Å². The fourth-order valence-electron chi connectivity index (χ4n) is 3.48. The Kier molecular flexibility index (Phi) is 9.11. The molecule has 1 fully saturated rings. The summed E-state index contributed by atoms with van der Waals surface area (Å²) < 4.78 is 0. The van der Waals surface area contributed by atoms with Gasteiger partial charge in [-0.2, -0.15) is 0 Å². The molecule has 1 atom stereocenters. The van der Waals surface area contributed by atoms with E-state index < -0.39 is 0 Å². The summed E-state index contributed by atoms with van der Waals surface area (Å²) >= 11 is 0. The minimum atomic E-state index is -0.140. The summed E-state index contributed by atoms with van der Waals surface area (Å²) in [4.78, 5) is 18.0. The van der Waals surface area contributed by atoms with Gasteiger partial charge in [-0.15, -0.1) is 0 Å². The molecule has 0 saturated carbocycles. The van der Waals surface area contributed by atoms with Gasteiger partial charge in [0.2, 0.25) is 5.91 Å². The van der Waals surface area contributed by atoms with Crippen molar-refractivity contribution in [2.75, 3.05) is 39.8 Å². The number of unbranched alkanes of at least 4 members (excludes halogenated alkanes) is 1. The third kappa shape index (κ3) is 7.59. The predicted octanol–water partition coefficient (Wildman–Crippen LogP) is 1.93. The summed E-state index contributed by atoms with van der Waals surface area (Å²) in [6.45, 7) is 7.06. The highest BCUT2D eigenvalue weighted by molar-refractivity contribution is 5.79. The average molecular weight is 374 g/mol. The maximum atomic E-state index is 11.2. The maximum Gasteiger partial charge on any atom is 0.220 e. The number of likely N-dealkylation sites (tertiary alicyclic amines) is 1. The van der Waals surface area contributed by atoms with Crippen molar-refractivity contribution in [3.8, 4) is 0 Å². The van der Waals surface area contributed by atoms with E-state index in [1.165, 1.54) is 5.56 Å². The normalized spacial score (nSPS) is 17.5. The van der Waals surface area contributed by atoms with Crippen molar-refractivity contribution < 1.29 is 4.79 Å². The van der Waals surface area contributed by atoms with E-state index in [0.717, 1.165) is 64.4 Å². The number of primary amides is 1. The van der Waals surface area contributed by atoms with E-state index in [0.29, 0.717) is 5.92 Å². The van der Waals surface area contributed by atoms with E-state index in [9.17, 15) is 4.79 Å². The average Bonchev–Trinajstić information content (AvgIpc) is 2.70. The van der Waals surface area contributed by atoms with Gasteiger partial charge in [0.1, 0.15) is 0 Å². The first-order valence-corrected chi connectivity index (χ1v) is 10.1. The number of rotatable bonds is 9. The molecule has 0 aromatic heterocycles. The highest BCUT2D eigenvalue weighted by atomic mass is 16.1. The number of amides is 1. The Hall–Kier alpha value is -2.08. The molecule has 2 rings (SSSR count). The van der Waals surface area contributed by atoms with E-state index in [1.807, 2.05) is 13.1 Å². The highest BCUT2D eigenvalue weighted by Crippen LogP contribution is 2.16. The molecular formula is C21H35N5O. The highest BCUT2D eigenvalue weighted by Gasteiger charge is 2.22. The molecule has 0 bridgehead atoms. The van der Waals surface area contributed by atoms with E-state index in [2.05, 4.69) is 51.7 Å². The maximum absolute atomic E-state index is 11.2. The molecule has 1 aromatic rings. The number of aliphatic imine (C=N–C) groups is 1. The zero-order chi connectivity index (χ0) is 19.5. The number of nitrogens with two attached hydrogens (primary N) is 1. The second kappa shape index (κ2) is 11.6. The first kappa shape index (κ1) is 21.2. The van der Waals surface area contributed by atoms with Gasteiger partial charge >= 0.3 is 0 Å². The number of hydrogen-bond acceptors (Lipinski definition) is 3. The second-order valence-electron chi connectivity index (χ2n) is 7.42. The zero-order valence-corrected chi connectivity index (χ0v) is 16.8. The summed E-state index contributed by atoms with van der Waals surface area (Å²) in [5, 5.41) is 6.80. The molecule has 6 heteroatoms. The van der Waals surface area contributed by atoms with E-state index in [-0.39, 0.29) is 11.8 Å². The van der Waals surface area contributed by atoms with Crippen LogP contribution in [0.5, 0.6) is 0 Å². The largest absolute Gasteiger partial charge is 0.369 e. The Morgan fingerprint density at radius 3 is 2.56 bits per heavy atom. The summed E-state index contributed by atoms with van der Waals surface area (Å²) in [5.41, 5.74) is 6.72. The van der Waals surface area contributed by atoms with Crippen LogP contribution in [0.4, 0.5) is 0 Å². The van der Waals surface area contributed by atoms with Crippen molar-refractivity contribution in [2.24, 2.45) is 16.6 Å². The predicted molar refractivity (Wildman–Crippen MR) is 112 cm³/mol. The van der Waals surface area contributed by atoms with Gasteiger partial charge in [0.05, 0.1) is 0 Å². The number of hydrogen-bond donors (Lipinski definition) is 3. The van der Waals surface area contributed by atoms with Crippen LogP contribution in [0.3, 0.4) is 0 Å². The SMILES string of the molecule is CN=C(NCCCCN1CCC(C(N)=O)CC1)NCC(C)c1ccccc1. The lowest BCUT2D eigenvalue weighted by Gasteiger charge is -2.30. The second-order valence-corrected chi connectivity index (χ2v) is 7.42. The van der Waals surface area contributed by atoms with Crippen molar-refractivity contribution >= 4 is 11.9 Å². The molecule has 1 saturated heterocycles. The Morgan fingerprint density at radius 2 is 1.93 bits per heavy atom. The van der Waals surface area contributed by atoms with Crippen molar-refractivity contribution in [3.05, 3.63) is 35.9 Å². The fraction of sp³-hybridized carbons (Fsp3) is 0.619. The summed E-state index contributed by atoms with van der Waals surface area (Å²) in [6.07, 6.45) is 4.06. The van der Waals surface area contributed by atoms with Crippen LogP contribution < -0.4 is 16.4 Å². The molecule has 27 heavy (non-hydrogen) atoms. The van der Waals surface area contributed by atoms with E-state index >= 15 is 0 Å². The monoisotopic (exact) mass is 373 g/mol. The molecule has 1 aliphatic heterocycles. The van der Waals surface area contributed by atoms with Crippen LogP contribution in [0.2, 0.25) is 0 Å². The minimum Gasteiger partial charge on any atom is -0.369 e. The number of nitrogens with one attached hydrogen (secondary N) is 2. The Labute approximate surface area is 163 Å². The molecule has 0 radical (unpaired) electrons. The van der Waals surface area contributed by atoms with Crippen LogP contribution in [0.25, 0.3) is 0 Å². The van der Waals surface area contributed by atoms with Gasteiger partial charge < -0.3 is 21.3 Å². The zero-order valence-electron chi connectivity index (χ0n) is 16.8. The smallest absolute Gasteiger partial charge is 0.220 e. The molecular weight excluding hydrogens is 338 g/mol. The van der Waals surface area contributed by atoms with Crippen LogP contribution in [0.15, 0.2) is 35.3 Å². The number of benzene rings is 1. The molecule has 1 amide bonds. The molecule has 0 spiro atoms. The number of piperidine rings is 1. The van der Waals surface area contributed by atoms with E-state index in [1.54, 1.807) is 0 Å². The minimum absolute atomic E-state index is 0.0793. The van der Waals surface area contributed by atoms with Gasteiger partial charge in [0.25, 0.3) is 0 Å². The third-order valence-electron chi connectivity index (χ3n) is 5.35. The van der Waals surface area contributed by atoms with E-state index in [4.69, 9.17) is 5.73 Å². The fourth-order valence-corrected chi connectivity index (χ4v) is 3.48. The molecule has 0 aliphatic carbocycles. The van der Waals surface area contributed by atoms with Crippen molar-refractivity contribution in [1.29, 1.82) is 0 Å².